The zero-order valence-corrected chi connectivity index (χ0v) is 13.5. The number of aryl methyl sites for hydroxylation is 1. The second-order valence-corrected chi connectivity index (χ2v) is 6.41. The molecule has 0 aromatic heterocycles. The highest BCUT2D eigenvalue weighted by Crippen LogP contribution is 2.29. The summed E-state index contributed by atoms with van der Waals surface area (Å²) < 4.78 is 1.19. The van der Waals surface area contributed by atoms with Crippen LogP contribution in [0.15, 0.2) is 22.7 Å². The second kappa shape index (κ2) is 6.38. The molecule has 0 radical (unpaired) electrons. The number of halogens is 2. The molecular weight excluding hydrogens is 312 g/mol. The van der Waals surface area contributed by atoms with Gasteiger partial charge >= 0.3 is 0 Å². The van der Waals surface area contributed by atoms with Crippen LogP contribution in [-0.2, 0) is 6.54 Å². The third-order valence-corrected chi connectivity index (χ3v) is 4.65. The van der Waals surface area contributed by atoms with E-state index in [2.05, 4.69) is 52.9 Å². The van der Waals surface area contributed by atoms with E-state index in [0.717, 1.165) is 19.6 Å². The average molecular weight is 334 g/mol. The number of hydrogen-bond donors (Lipinski definition) is 1. The average Bonchev–Trinajstić information content (AvgIpc) is 2.67. The molecule has 1 unspecified atom stereocenters. The summed E-state index contributed by atoms with van der Waals surface area (Å²) >= 11 is 3.54. The highest BCUT2D eigenvalue weighted by molar-refractivity contribution is 9.10. The van der Waals surface area contributed by atoms with Crippen molar-refractivity contribution in [2.45, 2.75) is 26.8 Å². The maximum atomic E-state index is 5.83. The van der Waals surface area contributed by atoms with Gasteiger partial charge in [-0.05, 0) is 49.0 Å². The van der Waals surface area contributed by atoms with E-state index < -0.39 is 0 Å². The van der Waals surface area contributed by atoms with Crippen molar-refractivity contribution in [3.63, 3.8) is 0 Å². The van der Waals surface area contributed by atoms with Gasteiger partial charge in [0.25, 0.3) is 0 Å². The quantitative estimate of drug-likeness (QED) is 0.919. The van der Waals surface area contributed by atoms with Gasteiger partial charge in [0.05, 0.1) is 0 Å². The number of hydrogen-bond acceptors (Lipinski definition) is 2. The molecule has 1 fully saturated rings. The van der Waals surface area contributed by atoms with Gasteiger partial charge in [-0.15, -0.1) is 12.4 Å². The monoisotopic (exact) mass is 332 g/mol. The minimum Gasteiger partial charge on any atom is -0.330 e. The summed E-state index contributed by atoms with van der Waals surface area (Å²) in [7, 11) is 0. The van der Waals surface area contributed by atoms with Gasteiger partial charge in [0.2, 0.25) is 0 Å². The number of likely N-dealkylation sites (tertiary alicyclic amines) is 1. The Hall–Kier alpha value is -0.0900. The van der Waals surface area contributed by atoms with E-state index in [1.165, 1.54) is 28.6 Å². The summed E-state index contributed by atoms with van der Waals surface area (Å²) in [5, 5.41) is 0. The Morgan fingerprint density at radius 3 is 2.72 bits per heavy atom. The van der Waals surface area contributed by atoms with Crippen molar-refractivity contribution < 1.29 is 0 Å². The van der Waals surface area contributed by atoms with Crippen LogP contribution in [0.2, 0.25) is 0 Å². The van der Waals surface area contributed by atoms with Crippen molar-refractivity contribution in [3.8, 4) is 0 Å². The van der Waals surface area contributed by atoms with E-state index in [1.807, 2.05) is 0 Å². The molecule has 1 aliphatic heterocycles. The van der Waals surface area contributed by atoms with Crippen molar-refractivity contribution in [1.29, 1.82) is 0 Å². The molecule has 4 heteroatoms. The normalized spacial score (nSPS) is 24.0. The largest absolute Gasteiger partial charge is 0.330 e. The summed E-state index contributed by atoms with van der Waals surface area (Å²) in [5.74, 6) is 0. The molecule has 102 valence electrons. The molecular formula is C14H22BrClN2. The lowest BCUT2D eigenvalue weighted by Crippen LogP contribution is -2.31. The Morgan fingerprint density at radius 2 is 2.17 bits per heavy atom. The molecule has 0 saturated carbocycles. The lowest BCUT2D eigenvalue weighted by molar-refractivity contribution is 0.274. The van der Waals surface area contributed by atoms with Crippen LogP contribution < -0.4 is 5.73 Å². The summed E-state index contributed by atoms with van der Waals surface area (Å²) in [6.07, 6.45) is 1.22. The minimum absolute atomic E-state index is 0. The summed E-state index contributed by atoms with van der Waals surface area (Å²) in [6.45, 7) is 8.56. The first-order valence-corrected chi connectivity index (χ1v) is 6.99. The molecule has 2 N–H and O–H groups in total. The summed E-state index contributed by atoms with van der Waals surface area (Å²) in [6, 6.07) is 6.61. The Bertz CT molecular complexity index is 411. The molecule has 1 heterocycles. The lowest BCUT2D eigenvalue weighted by Gasteiger charge is -2.22. The number of rotatable bonds is 3. The van der Waals surface area contributed by atoms with Crippen LogP contribution in [-0.4, -0.2) is 24.5 Å². The number of nitrogens with zero attached hydrogens (tertiary/aromatic N) is 1. The number of benzene rings is 1. The van der Waals surface area contributed by atoms with Crippen LogP contribution in [0.25, 0.3) is 0 Å². The molecule has 0 spiro atoms. The van der Waals surface area contributed by atoms with Gasteiger partial charge in [-0.3, -0.25) is 4.90 Å². The van der Waals surface area contributed by atoms with Crippen LogP contribution in [0.4, 0.5) is 0 Å². The van der Waals surface area contributed by atoms with Gasteiger partial charge in [0.1, 0.15) is 0 Å². The fraction of sp³-hybridized carbons (Fsp3) is 0.571. The summed E-state index contributed by atoms with van der Waals surface area (Å²) in [5.41, 5.74) is 8.86. The minimum atomic E-state index is 0. The van der Waals surface area contributed by atoms with Gasteiger partial charge in [0.15, 0.2) is 0 Å². The zero-order valence-electron chi connectivity index (χ0n) is 11.1. The SMILES string of the molecule is Cc1cc(CN2CCC(C)(CN)C2)ccc1Br.Cl. The molecule has 1 aromatic rings. The molecule has 1 atom stereocenters. The van der Waals surface area contributed by atoms with Gasteiger partial charge in [-0.1, -0.05) is 35.0 Å². The van der Waals surface area contributed by atoms with Gasteiger partial charge in [0, 0.05) is 17.6 Å². The molecule has 2 rings (SSSR count). The number of nitrogens with two attached hydrogens (primary N) is 1. The zero-order chi connectivity index (χ0) is 12.5. The first-order chi connectivity index (χ1) is 8.02. The van der Waals surface area contributed by atoms with Crippen LogP contribution in [0.3, 0.4) is 0 Å². The fourth-order valence-electron chi connectivity index (χ4n) is 2.49. The van der Waals surface area contributed by atoms with E-state index in [9.17, 15) is 0 Å². The molecule has 1 aliphatic rings. The Morgan fingerprint density at radius 1 is 1.44 bits per heavy atom. The highest BCUT2D eigenvalue weighted by Gasteiger charge is 2.32. The van der Waals surface area contributed by atoms with E-state index >= 15 is 0 Å². The molecule has 0 bridgehead atoms. The van der Waals surface area contributed by atoms with E-state index in [4.69, 9.17) is 5.73 Å². The van der Waals surface area contributed by atoms with E-state index in [0.29, 0.717) is 5.41 Å². The van der Waals surface area contributed by atoms with Gasteiger partial charge in [-0.25, -0.2) is 0 Å². The molecule has 2 nitrogen and oxygen atoms in total. The van der Waals surface area contributed by atoms with Crippen LogP contribution >= 0.6 is 28.3 Å². The lowest BCUT2D eigenvalue weighted by atomic mass is 9.90. The van der Waals surface area contributed by atoms with Crippen LogP contribution in [0, 0.1) is 12.3 Å². The van der Waals surface area contributed by atoms with Gasteiger partial charge in [-0.2, -0.15) is 0 Å². The molecule has 1 saturated heterocycles. The van der Waals surface area contributed by atoms with Crippen LogP contribution in [0.5, 0.6) is 0 Å². The first-order valence-electron chi connectivity index (χ1n) is 6.20. The van der Waals surface area contributed by atoms with Crippen LogP contribution in [0.1, 0.15) is 24.5 Å². The third kappa shape index (κ3) is 3.70. The molecule has 0 aliphatic carbocycles. The summed E-state index contributed by atoms with van der Waals surface area (Å²) in [4.78, 5) is 2.51. The maximum Gasteiger partial charge on any atom is 0.0234 e. The predicted molar refractivity (Wildman–Crippen MR) is 83.2 cm³/mol. The highest BCUT2D eigenvalue weighted by atomic mass is 79.9. The van der Waals surface area contributed by atoms with Crippen molar-refractivity contribution in [1.82, 2.24) is 4.90 Å². The standard InChI is InChI=1S/C14H21BrN2.ClH/c1-11-7-12(3-4-13(11)15)8-17-6-5-14(2,9-16)10-17;/h3-4,7H,5-6,8-10,16H2,1-2H3;1H. The molecule has 18 heavy (non-hydrogen) atoms. The van der Waals surface area contributed by atoms with Gasteiger partial charge < -0.3 is 5.73 Å². The van der Waals surface area contributed by atoms with Crippen molar-refractivity contribution in [3.05, 3.63) is 33.8 Å². The first kappa shape index (κ1) is 16.0. The third-order valence-electron chi connectivity index (χ3n) is 3.76. The van der Waals surface area contributed by atoms with E-state index in [1.54, 1.807) is 0 Å². The predicted octanol–water partition coefficient (Wildman–Crippen LogP) is 3.35. The van der Waals surface area contributed by atoms with Crippen molar-refractivity contribution in [2.24, 2.45) is 11.1 Å². The fourth-order valence-corrected chi connectivity index (χ4v) is 2.74. The molecule has 0 amide bonds. The van der Waals surface area contributed by atoms with Crippen molar-refractivity contribution >= 4 is 28.3 Å². The second-order valence-electron chi connectivity index (χ2n) is 5.56. The topological polar surface area (TPSA) is 29.3 Å². The molecule has 1 aromatic carbocycles. The van der Waals surface area contributed by atoms with E-state index in [-0.39, 0.29) is 12.4 Å². The Balaban J connectivity index is 0.00000162. The smallest absolute Gasteiger partial charge is 0.0234 e. The van der Waals surface area contributed by atoms with Crippen molar-refractivity contribution in [2.75, 3.05) is 19.6 Å². The Labute approximate surface area is 124 Å². The Kier molecular flexibility index (Phi) is 5.66. The maximum absolute atomic E-state index is 5.83.